The summed E-state index contributed by atoms with van der Waals surface area (Å²) in [5.74, 6) is -1.54. The van der Waals surface area contributed by atoms with Crippen LogP contribution >= 0.6 is 0 Å². The van der Waals surface area contributed by atoms with Gasteiger partial charge in [-0.15, -0.1) is 0 Å². The average molecular weight is 203 g/mol. The lowest BCUT2D eigenvalue weighted by Gasteiger charge is -2.10. The molecule has 0 bridgehead atoms. The van der Waals surface area contributed by atoms with Crippen LogP contribution in [0.3, 0.4) is 0 Å². The minimum Gasteiger partial charge on any atom is -0.481 e. The number of primary amides is 1. The molecule has 5 N–H and O–H groups in total. The molecule has 1 unspecified atom stereocenters. The molecule has 0 aliphatic carbocycles. The van der Waals surface area contributed by atoms with E-state index in [0.29, 0.717) is 0 Å². The van der Waals surface area contributed by atoms with E-state index >= 15 is 0 Å². The Bertz CT molecular complexity index is 241. The van der Waals surface area contributed by atoms with E-state index in [2.05, 4.69) is 5.32 Å². The highest BCUT2D eigenvalue weighted by molar-refractivity contribution is 5.96. The van der Waals surface area contributed by atoms with Gasteiger partial charge in [-0.2, -0.15) is 0 Å². The predicted molar refractivity (Wildman–Crippen MR) is 47.4 cm³/mol. The summed E-state index contributed by atoms with van der Waals surface area (Å²) in [6.07, 6.45) is -0.0891. The molecule has 0 aliphatic rings. The molecule has 0 spiro atoms. The molecule has 0 radical (unpaired) electrons. The summed E-state index contributed by atoms with van der Waals surface area (Å²) >= 11 is 0. The van der Waals surface area contributed by atoms with Crippen LogP contribution in [0, 0.1) is 0 Å². The van der Waals surface area contributed by atoms with Crippen molar-refractivity contribution in [3.8, 4) is 0 Å². The molecule has 0 rings (SSSR count). The molecule has 1 atom stereocenters. The summed E-state index contributed by atoms with van der Waals surface area (Å²) in [7, 11) is 0. The Morgan fingerprint density at radius 1 is 1.43 bits per heavy atom. The number of hydrogen-bond acceptors (Lipinski definition) is 4. The second-order valence-electron chi connectivity index (χ2n) is 2.67. The maximum atomic E-state index is 11.0. The first kappa shape index (κ1) is 12.4. The maximum Gasteiger partial charge on any atom is 0.318 e. The first-order valence-electron chi connectivity index (χ1n) is 3.99. The summed E-state index contributed by atoms with van der Waals surface area (Å²) in [4.78, 5) is 31.4. The van der Waals surface area contributed by atoms with Crippen LogP contribution in [-0.2, 0) is 9.59 Å². The number of rotatable bonds is 5. The topological polar surface area (TPSA) is 122 Å². The van der Waals surface area contributed by atoms with Gasteiger partial charge < -0.3 is 16.2 Å². The van der Waals surface area contributed by atoms with Gasteiger partial charge in [0, 0.05) is 6.54 Å². The van der Waals surface area contributed by atoms with Crippen LogP contribution in [0.1, 0.15) is 13.3 Å². The SMILES string of the molecule is CC(NCCC(=O)O)C(=O)NC(N)=O. The molecule has 7 heteroatoms. The number of imide groups is 1. The lowest BCUT2D eigenvalue weighted by Crippen LogP contribution is -2.46. The first-order chi connectivity index (χ1) is 6.43. The minimum absolute atomic E-state index is 0.0891. The van der Waals surface area contributed by atoms with Crippen LogP contribution in [0.25, 0.3) is 0 Å². The fourth-order valence-corrected chi connectivity index (χ4v) is 0.718. The van der Waals surface area contributed by atoms with Crippen molar-refractivity contribution in [3.63, 3.8) is 0 Å². The number of amides is 3. The number of aliphatic carboxylic acids is 1. The van der Waals surface area contributed by atoms with Crippen LogP contribution in [0.15, 0.2) is 0 Å². The van der Waals surface area contributed by atoms with E-state index in [-0.39, 0.29) is 13.0 Å². The maximum absolute atomic E-state index is 11.0. The summed E-state index contributed by atoms with van der Waals surface area (Å²) in [6, 6.07) is -1.58. The summed E-state index contributed by atoms with van der Waals surface area (Å²) in [6.45, 7) is 1.66. The van der Waals surface area contributed by atoms with E-state index in [9.17, 15) is 14.4 Å². The molecule has 80 valence electrons. The summed E-state index contributed by atoms with van der Waals surface area (Å²) in [5.41, 5.74) is 4.72. The molecule has 0 saturated heterocycles. The van der Waals surface area contributed by atoms with Crippen LogP contribution in [0.5, 0.6) is 0 Å². The third kappa shape index (κ3) is 5.95. The molecule has 14 heavy (non-hydrogen) atoms. The summed E-state index contributed by atoms with van der Waals surface area (Å²) < 4.78 is 0. The third-order valence-corrected chi connectivity index (χ3v) is 1.43. The molecule has 0 aliphatic heterocycles. The van der Waals surface area contributed by atoms with Gasteiger partial charge in [-0.3, -0.25) is 14.9 Å². The second kappa shape index (κ2) is 5.92. The Morgan fingerprint density at radius 2 is 2.00 bits per heavy atom. The van der Waals surface area contributed by atoms with Gasteiger partial charge in [0.05, 0.1) is 12.5 Å². The van der Waals surface area contributed by atoms with E-state index in [1.165, 1.54) is 6.92 Å². The highest BCUT2D eigenvalue weighted by Gasteiger charge is 2.13. The number of nitrogens with two attached hydrogens (primary N) is 1. The Kier molecular flexibility index (Phi) is 5.23. The molecule has 0 aromatic heterocycles. The van der Waals surface area contributed by atoms with E-state index in [0.717, 1.165) is 0 Å². The van der Waals surface area contributed by atoms with Crippen LogP contribution in [-0.4, -0.2) is 35.6 Å². The van der Waals surface area contributed by atoms with Crippen molar-refractivity contribution in [2.45, 2.75) is 19.4 Å². The zero-order chi connectivity index (χ0) is 11.1. The largest absolute Gasteiger partial charge is 0.481 e. The van der Waals surface area contributed by atoms with Gasteiger partial charge in [-0.05, 0) is 6.92 Å². The lowest BCUT2D eigenvalue weighted by atomic mass is 10.3. The van der Waals surface area contributed by atoms with Gasteiger partial charge in [-0.1, -0.05) is 0 Å². The van der Waals surface area contributed by atoms with Crippen molar-refractivity contribution in [3.05, 3.63) is 0 Å². The number of nitrogens with one attached hydrogen (secondary N) is 2. The summed E-state index contributed by atoms with van der Waals surface area (Å²) in [5, 5.41) is 12.8. The standard InChI is InChI=1S/C7H13N3O4/c1-4(6(13)10-7(8)14)9-3-2-5(11)12/h4,9H,2-3H2,1H3,(H,11,12)(H3,8,10,13,14). The van der Waals surface area contributed by atoms with Crippen molar-refractivity contribution in [2.75, 3.05) is 6.54 Å². The van der Waals surface area contributed by atoms with E-state index in [1.807, 2.05) is 5.32 Å². The number of carbonyl (C=O) groups is 3. The Labute approximate surface area is 80.6 Å². The van der Waals surface area contributed by atoms with Gasteiger partial charge in [0.1, 0.15) is 0 Å². The van der Waals surface area contributed by atoms with Crippen molar-refractivity contribution < 1.29 is 19.5 Å². The molecule has 0 aromatic carbocycles. The molecule has 0 heterocycles. The Balaban J connectivity index is 3.72. The molecule has 0 saturated carbocycles. The van der Waals surface area contributed by atoms with Crippen molar-refractivity contribution in [1.82, 2.24) is 10.6 Å². The highest BCUT2D eigenvalue weighted by atomic mass is 16.4. The normalized spacial score (nSPS) is 11.8. The van der Waals surface area contributed by atoms with Gasteiger partial charge in [0.2, 0.25) is 5.91 Å². The van der Waals surface area contributed by atoms with E-state index in [1.54, 1.807) is 0 Å². The number of carboxylic acid groups (broad SMARTS) is 1. The smallest absolute Gasteiger partial charge is 0.318 e. The van der Waals surface area contributed by atoms with E-state index < -0.39 is 23.9 Å². The molecular weight excluding hydrogens is 190 g/mol. The van der Waals surface area contributed by atoms with Gasteiger partial charge in [0.15, 0.2) is 0 Å². The number of carbonyl (C=O) groups excluding carboxylic acids is 2. The highest BCUT2D eigenvalue weighted by Crippen LogP contribution is 1.83. The monoisotopic (exact) mass is 203 g/mol. The number of urea groups is 1. The van der Waals surface area contributed by atoms with Crippen molar-refractivity contribution in [1.29, 1.82) is 0 Å². The third-order valence-electron chi connectivity index (χ3n) is 1.43. The molecule has 7 nitrogen and oxygen atoms in total. The number of hydrogen-bond donors (Lipinski definition) is 4. The van der Waals surface area contributed by atoms with Gasteiger partial charge in [-0.25, -0.2) is 4.79 Å². The van der Waals surface area contributed by atoms with Gasteiger partial charge >= 0.3 is 12.0 Å². The lowest BCUT2D eigenvalue weighted by molar-refractivity contribution is -0.137. The van der Waals surface area contributed by atoms with Crippen molar-refractivity contribution >= 4 is 17.9 Å². The van der Waals surface area contributed by atoms with Crippen LogP contribution in [0.4, 0.5) is 4.79 Å². The van der Waals surface area contributed by atoms with Crippen LogP contribution < -0.4 is 16.4 Å². The van der Waals surface area contributed by atoms with Crippen molar-refractivity contribution in [2.24, 2.45) is 5.73 Å². The predicted octanol–water partition coefficient (Wildman–Crippen LogP) is -1.37. The minimum atomic E-state index is -0.958. The molecular formula is C7H13N3O4. The molecule has 0 fully saturated rings. The number of carboxylic acids is 1. The molecule has 3 amide bonds. The molecule has 0 aromatic rings. The quantitative estimate of drug-likeness (QED) is 0.439. The second-order valence-corrected chi connectivity index (χ2v) is 2.67. The fourth-order valence-electron chi connectivity index (χ4n) is 0.718. The van der Waals surface area contributed by atoms with E-state index in [4.69, 9.17) is 10.8 Å². The fraction of sp³-hybridized carbons (Fsp3) is 0.571. The Hall–Kier alpha value is -1.63. The zero-order valence-electron chi connectivity index (χ0n) is 7.74. The van der Waals surface area contributed by atoms with Gasteiger partial charge in [0.25, 0.3) is 0 Å². The first-order valence-corrected chi connectivity index (χ1v) is 3.99. The zero-order valence-corrected chi connectivity index (χ0v) is 7.74. The Morgan fingerprint density at radius 3 is 2.43 bits per heavy atom. The average Bonchev–Trinajstić information content (AvgIpc) is 2.01. The van der Waals surface area contributed by atoms with Crippen LogP contribution in [0.2, 0.25) is 0 Å².